The Bertz CT molecular complexity index is 697. The van der Waals surface area contributed by atoms with Crippen LogP contribution in [0.1, 0.15) is 63.5 Å². The van der Waals surface area contributed by atoms with Crippen molar-refractivity contribution in [1.82, 2.24) is 5.32 Å². The SMILES string of the molecule is CC(C)(C)OC(=O)NCc1cc2c(cc1C1CCCC(CCO)C1O)OCO2. The number of fused-ring (bicyclic) bond motifs is 1. The molecule has 28 heavy (non-hydrogen) atoms. The Morgan fingerprint density at radius 2 is 1.96 bits per heavy atom. The zero-order valence-electron chi connectivity index (χ0n) is 16.9. The van der Waals surface area contributed by atoms with Gasteiger partial charge in [0.2, 0.25) is 6.79 Å². The number of amides is 1. The van der Waals surface area contributed by atoms with Crippen LogP contribution < -0.4 is 14.8 Å². The van der Waals surface area contributed by atoms with E-state index in [2.05, 4.69) is 5.32 Å². The summed E-state index contributed by atoms with van der Waals surface area (Å²) in [6, 6.07) is 3.79. The van der Waals surface area contributed by atoms with E-state index in [-0.39, 0.29) is 31.8 Å². The molecule has 3 unspecified atom stereocenters. The second kappa shape index (κ2) is 8.57. The first kappa shape index (κ1) is 20.7. The highest BCUT2D eigenvalue weighted by Gasteiger charge is 2.34. The molecule has 1 aliphatic carbocycles. The molecule has 7 heteroatoms. The standard InChI is InChI=1S/C21H31NO6/c1-21(2,3)28-20(25)22-11-14-9-17-18(27-12-26-17)10-16(14)15-6-4-5-13(7-8-23)19(15)24/h9-10,13,15,19,23-24H,4-8,11-12H2,1-3H3,(H,22,25). The number of aliphatic hydroxyl groups is 2. The van der Waals surface area contributed by atoms with Crippen molar-refractivity contribution in [2.24, 2.45) is 5.92 Å². The summed E-state index contributed by atoms with van der Waals surface area (Å²) in [6.07, 6.45) is 2.31. The van der Waals surface area contributed by atoms with Gasteiger partial charge in [0.25, 0.3) is 0 Å². The Hall–Kier alpha value is -1.99. The molecule has 3 N–H and O–H groups in total. The molecule has 1 aromatic rings. The van der Waals surface area contributed by atoms with Crippen molar-refractivity contribution >= 4 is 6.09 Å². The molecule has 7 nitrogen and oxygen atoms in total. The van der Waals surface area contributed by atoms with Crippen molar-refractivity contribution in [2.75, 3.05) is 13.4 Å². The Morgan fingerprint density at radius 3 is 2.64 bits per heavy atom. The molecule has 1 aromatic carbocycles. The van der Waals surface area contributed by atoms with E-state index in [1.54, 1.807) is 0 Å². The number of benzene rings is 1. The fraction of sp³-hybridized carbons (Fsp3) is 0.667. The second-order valence-corrected chi connectivity index (χ2v) is 8.56. The van der Waals surface area contributed by atoms with Gasteiger partial charge < -0.3 is 29.7 Å². The molecule has 0 radical (unpaired) electrons. The molecular weight excluding hydrogens is 362 g/mol. The van der Waals surface area contributed by atoms with Crippen LogP contribution in [0, 0.1) is 5.92 Å². The van der Waals surface area contributed by atoms with E-state index < -0.39 is 17.8 Å². The summed E-state index contributed by atoms with van der Waals surface area (Å²) in [6.45, 7) is 5.96. The van der Waals surface area contributed by atoms with E-state index in [0.717, 1.165) is 30.4 Å². The lowest BCUT2D eigenvalue weighted by molar-refractivity contribution is 0.0357. The monoisotopic (exact) mass is 393 g/mol. The third-order valence-corrected chi connectivity index (χ3v) is 5.34. The highest BCUT2D eigenvalue weighted by molar-refractivity contribution is 5.68. The van der Waals surface area contributed by atoms with Crippen LogP contribution in [0.5, 0.6) is 11.5 Å². The van der Waals surface area contributed by atoms with Crippen LogP contribution >= 0.6 is 0 Å². The first-order valence-corrected chi connectivity index (χ1v) is 9.96. The van der Waals surface area contributed by atoms with Crippen LogP contribution in [-0.4, -0.2) is 41.4 Å². The normalized spacial score (nSPS) is 24.1. The Balaban J connectivity index is 1.82. The molecule has 2 aliphatic rings. The predicted octanol–water partition coefficient (Wildman–Crippen LogP) is 3.07. The molecule has 3 rings (SSSR count). The lowest BCUT2D eigenvalue weighted by atomic mass is 9.73. The maximum atomic E-state index is 12.1. The first-order chi connectivity index (χ1) is 13.3. The van der Waals surface area contributed by atoms with Gasteiger partial charge >= 0.3 is 6.09 Å². The van der Waals surface area contributed by atoms with Gasteiger partial charge in [0.05, 0.1) is 6.10 Å². The zero-order chi connectivity index (χ0) is 20.3. The van der Waals surface area contributed by atoms with Gasteiger partial charge in [-0.25, -0.2) is 4.79 Å². The Labute approximate surface area is 166 Å². The predicted molar refractivity (Wildman–Crippen MR) is 103 cm³/mol. The number of carbonyl (C=O) groups is 1. The number of alkyl carbamates (subject to hydrolysis) is 1. The molecule has 0 aromatic heterocycles. The molecular formula is C21H31NO6. The van der Waals surface area contributed by atoms with Gasteiger partial charge in [-0.1, -0.05) is 6.42 Å². The maximum Gasteiger partial charge on any atom is 0.407 e. The summed E-state index contributed by atoms with van der Waals surface area (Å²) in [5.41, 5.74) is 1.26. The molecule has 0 saturated heterocycles. The van der Waals surface area contributed by atoms with Gasteiger partial charge in [0.15, 0.2) is 11.5 Å². The molecule has 1 amide bonds. The smallest absolute Gasteiger partial charge is 0.407 e. The first-order valence-electron chi connectivity index (χ1n) is 9.96. The molecule has 1 saturated carbocycles. The van der Waals surface area contributed by atoms with E-state index >= 15 is 0 Å². The van der Waals surface area contributed by atoms with Crippen molar-refractivity contribution in [2.45, 2.75) is 70.6 Å². The summed E-state index contributed by atoms with van der Waals surface area (Å²) in [5.74, 6) is 1.30. The third kappa shape index (κ3) is 4.89. The molecule has 1 aliphatic heterocycles. The lowest BCUT2D eigenvalue weighted by Crippen LogP contribution is -2.34. The van der Waals surface area contributed by atoms with Crippen molar-refractivity contribution in [3.63, 3.8) is 0 Å². The molecule has 156 valence electrons. The van der Waals surface area contributed by atoms with Crippen molar-refractivity contribution in [3.8, 4) is 11.5 Å². The van der Waals surface area contributed by atoms with Gasteiger partial charge in [-0.2, -0.15) is 0 Å². The quantitative estimate of drug-likeness (QED) is 0.711. The molecule has 0 spiro atoms. The van der Waals surface area contributed by atoms with Gasteiger partial charge in [0, 0.05) is 19.1 Å². The van der Waals surface area contributed by atoms with Crippen LogP contribution in [0.4, 0.5) is 4.79 Å². The van der Waals surface area contributed by atoms with E-state index in [1.807, 2.05) is 32.9 Å². The lowest BCUT2D eigenvalue weighted by Gasteiger charge is -2.36. The summed E-state index contributed by atoms with van der Waals surface area (Å²) < 4.78 is 16.3. The molecule has 1 fully saturated rings. The number of hydrogen-bond donors (Lipinski definition) is 3. The Morgan fingerprint density at radius 1 is 1.25 bits per heavy atom. The summed E-state index contributed by atoms with van der Waals surface area (Å²) in [5, 5.41) is 23.0. The van der Waals surface area contributed by atoms with E-state index in [1.165, 1.54) is 0 Å². The third-order valence-electron chi connectivity index (χ3n) is 5.34. The van der Waals surface area contributed by atoms with Crippen LogP contribution in [0.2, 0.25) is 0 Å². The number of rotatable bonds is 5. The van der Waals surface area contributed by atoms with Crippen LogP contribution in [-0.2, 0) is 11.3 Å². The molecule has 3 atom stereocenters. The van der Waals surface area contributed by atoms with Crippen molar-refractivity contribution in [1.29, 1.82) is 0 Å². The Kier molecular flexibility index (Phi) is 6.35. The minimum Gasteiger partial charge on any atom is -0.454 e. The summed E-state index contributed by atoms with van der Waals surface area (Å²) >= 11 is 0. The van der Waals surface area contributed by atoms with Crippen molar-refractivity contribution < 1.29 is 29.2 Å². The van der Waals surface area contributed by atoms with Crippen LogP contribution in [0.25, 0.3) is 0 Å². The zero-order valence-corrected chi connectivity index (χ0v) is 16.9. The maximum absolute atomic E-state index is 12.1. The van der Waals surface area contributed by atoms with Gasteiger partial charge in [-0.15, -0.1) is 0 Å². The number of aliphatic hydroxyl groups excluding tert-OH is 2. The summed E-state index contributed by atoms with van der Waals surface area (Å²) in [4.78, 5) is 12.1. The average Bonchev–Trinajstić information content (AvgIpc) is 3.07. The number of hydrogen-bond acceptors (Lipinski definition) is 6. The van der Waals surface area contributed by atoms with Gasteiger partial charge in [-0.3, -0.25) is 0 Å². The highest BCUT2D eigenvalue weighted by atomic mass is 16.7. The van der Waals surface area contributed by atoms with Crippen LogP contribution in [0.15, 0.2) is 12.1 Å². The number of carbonyl (C=O) groups excluding carboxylic acids is 1. The van der Waals surface area contributed by atoms with E-state index in [9.17, 15) is 15.0 Å². The average molecular weight is 393 g/mol. The fourth-order valence-corrected chi connectivity index (χ4v) is 4.07. The largest absolute Gasteiger partial charge is 0.454 e. The minimum atomic E-state index is -0.571. The fourth-order valence-electron chi connectivity index (χ4n) is 4.07. The summed E-state index contributed by atoms with van der Waals surface area (Å²) in [7, 11) is 0. The number of nitrogens with one attached hydrogen (secondary N) is 1. The van der Waals surface area contributed by atoms with Crippen LogP contribution in [0.3, 0.4) is 0 Å². The minimum absolute atomic E-state index is 0.0702. The molecule has 1 heterocycles. The topological polar surface area (TPSA) is 97.3 Å². The molecule has 0 bridgehead atoms. The van der Waals surface area contributed by atoms with E-state index in [0.29, 0.717) is 17.9 Å². The van der Waals surface area contributed by atoms with Gasteiger partial charge in [0.1, 0.15) is 5.60 Å². The second-order valence-electron chi connectivity index (χ2n) is 8.56. The highest BCUT2D eigenvalue weighted by Crippen LogP contribution is 2.43. The number of ether oxygens (including phenoxy) is 3. The van der Waals surface area contributed by atoms with Crippen molar-refractivity contribution in [3.05, 3.63) is 23.3 Å². The van der Waals surface area contributed by atoms with E-state index in [4.69, 9.17) is 14.2 Å². The van der Waals surface area contributed by atoms with Gasteiger partial charge in [-0.05, 0) is 69.2 Å².